The Bertz CT molecular complexity index is 402. The van der Waals surface area contributed by atoms with Crippen molar-refractivity contribution in [1.29, 1.82) is 0 Å². The molecule has 1 aliphatic rings. The number of halogens is 1. The minimum absolute atomic E-state index is 0.548. The van der Waals surface area contributed by atoms with Crippen molar-refractivity contribution in [2.75, 3.05) is 18.5 Å². The number of anilines is 1. The summed E-state index contributed by atoms with van der Waals surface area (Å²) in [4.78, 5) is 11.3. The summed E-state index contributed by atoms with van der Waals surface area (Å²) in [5.41, 5.74) is 0.995. The first kappa shape index (κ1) is 12.6. The first-order chi connectivity index (χ1) is 8.13. The van der Waals surface area contributed by atoms with Gasteiger partial charge in [-0.2, -0.15) is 0 Å². The minimum Gasteiger partial charge on any atom is -0.359 e. The van der Waals surface area contributed by atoms with Crippen LogP contribution in [0.2, 0.25) is 5.15 Å². The highest BCUT2D eigenvalue weighted by Crippen LogP contribution is 2.39. The Morgan fingerprint density at radius 2 is 2.06 bits per heavy atom. The van der Waals surface area contributed by atoms with E-state index in [0.29, 0.717) is 11.1 Å². The maximum Gasteiger partial charge on any atom is 0.137 e. The van der Waals surface area contributed by atoms with Crippen LogP contribution < -0.4 is 4.90 Å². The first-order valence-corrected chi connectivity index (χ1v) is 6.76. The van der Waals surface area contributed by atoms with Gasteiger partial charge in [0.05, 0.1) is 0 Å². The lowest BCUT2D eigenvalue weighted by atomic mass is 10.2. The maximum atomic E-state index is 6.19. The lowest BCUT2D eigenvalue weighted by molar-refractivity contribution is 0.750. The van der Waals surface area contributed by atoms with E-state index in [2.05, 4.69) is 28.8 Å². The van der Waals surface area contributed by atoms with Crippen molar-refractivity contribution in [1.82, 2.24) is 9.97 Å². The highest BCUT2D eigenvalue weighted by atomic mass is 35.5. The third-order valence-electron chi connectivity index (χ3n) is 3.23. The maximum absolute atomic E-state index is 6.19. The summed E-state index contributed by atoms with van der Waals surface area (Å²) in [7, 11) is 2.08. The van der Waals surface area contributed by atoms with Crippen LogP contribution in [-0.4, -0.2) is 23.6 Å². The standard InChI is InChI=1S/C13H20ClN3/c1-4-5-8-17(3)13-9(2)11(14)15-12(16-13)10-6-7-10/h10H,4-8H2,1-3H3. The van der Waals surface area contributed by atoms with Gasteiger partial charge in [0.15, 0.2) is 0 Å². The molecule has 1 aromatic heterocycles. The van der Waals surface area contributed by atoms with Gasteiger partial charge in [0, 0.05) is 25.1 Å². The van der Waals surface area contributed by atoms with Gasteiger partial charge >= 0.3 is 0 Å². The molecular weight excluding hydrogens is 234 g/mol. The number of hydrogen-bond acceptors (Lipinski definition) is 3. The zero-order chi connectivity index (χ0) is 12.4. The quantitative estimate of drug-likeness (QED) is 0.752. The van der Waals surface area contributed by atoms with E-state index in [1.54, 1.807) is 0 Å². The Kier molecular flexibility index (Phi) is 3.87. The fraction of sp³-hybridized carbons (Fsp3) is 0.692. The molecule has 0 amide bonds. The molecular formula is C13H20ClN3. The number of unbranched alkanes of at least 4 members (excludes halogenated alkanes) is 1. The summed E-state index contributed by atoms with van der Waals surface area (Å²) in [5, 5.41) is 0.611. The summed E-state index contributed by atoms with van der Waals surface area (Å²) in [5.74, 6) is 2.48. The molecule has 0 bridgehead atoms. The number of aromatic nitrogens is 2. The second kappa shape index (κ2) is 5.21. The van der Waals surface area contributed by atoms with Crippen LogP contribution in [0.5, 0.6) is 0 Å². The predicted octanol–water partition coefficient (Wildman–Crippen LogP) is 3.55. The molecule has 1 heterocycles. The Morgan fingerprint density at radius 3 is 2.65 bits per heavy atom. The van der Waals surface area contributed by atoms with Gasteiger partial charge in [0.2, 0.25) is 0 Å². The van der Waals surface area contributed by atoms with Gasteiger partial charge in [-0.05, 0) is 26.2 Å². The van der Waals surface area contributed by atoms with E-state index in [1.807, 2.05) is 6.92 Å². The molecule has 94 valence electrons. The minimum atomic E-state index is 0.548. The van der Waals surface area contributed by atoms with Crippen molar-refractivity contribution in [3.63, 3.8) is 0 Å². The zero-order valence-corrected chi connectivity index (χ0v) is 11.6. The monoisotopic (exact) mass is 253 g/mol. The Morgan fingerprint density at radius 1 is 1.35 bits per heavy atom. The Balaban J connectivity index is 2.24. The molecule has 0 aliphatic heterocycles. The van der Waals surface area contributed by atoms with E-state index < -0.39 is 0 Å². The highest BCUT2D eigenvalue weighted by molar-refractivity contribution is 6.30. The summed E-state index contributed by atoms with van der Waals surface area (Å²) in [6, 6.07) is 0. The van der Waals surface area contributed by atoms with Crippen LogP contribution >= 0.6 is 11.6 Å². The van der Waals surface area contributed by atoms with E-state index in [9.17, 15) is 0 Å². The Hall–Kier alpha value is -0.830. The number of hydrogen-bond donors (Lipinski definition) is 0. The van der Waals surface area contributed by atoms with Gasteiger partial charge in [-0.1, -0.05) is 24.9 Å². The van der Waals surface area contributed by atoms with Gasteiger partial charge in [0.1, 0.15) is 16.8 Å². The summed E-state index contributed by atoms with van der Waals surface area (Å²) in [6.07, 6.45) is 4.78. The van der Waals surface area contributed by atoms with Crippen molar-refractivity contribution in [2.45, 2.75) is 45.4 Å². The molecule has 4 heteroatoms. The van der Waals surface area contributed by atoms with Crippen molar-refractivity contribution in [3.05, 3.63) is 16.5 Å². The summed E-state index contributed by atoms with van der Waals surface area (Å²) >= 11 is 6.19. The molecule has 1 saturated carbocycles. The van der Waals surface area contributed by atoms with Gasteiger partial charge in [-0.3, -0.25) is 0 Å². The van der Waals surface area contributed by atoms with E-state index >= 15 is 0 Å². The third kappa shape index (κ3) is 2.89. The summed E-state index contributed by atoms with van der Waals surface area (Å²) in [6.45, 7) is 5.22. The topological polar surface area (TPSA) is 29.0 Å². The van der Waals surface area contributed by atoms with Gasteiger partial charge in [-0.15, -0.1) is 0 Å². The average molecular weight is 254 g/mol. The molecule has 0 atom stereocenters. The molecule has 0 aromatic carbocycles. The van der Waals surface area contributed by atoms with Crippen LogP contribution in [0.1, 0.15) is 49.9 Å². The van der Waals surface area contributed by atoms with Gasteiger partial charge < -0.3 is 4.90 Å². The highest BCUT2D eigenvalue weighted by Gasteiger charge is 2.28. The second-order valence-corrected chi connectivity index (χ2v) is 5.23. The molecule has 3 nitrogen and oxygen atoms in total. The number of nitrogens with zero attached hydrogens (tertiary/aromatic N) is 3. The first-order valence-electron chi connectivity index (χ1n) is 6.38. The molecule has 0 N–H and O–H groups in total. The molecule has 0 saturated heterocycles. The van der Waals surface area contributed by atoms with Crippen LogP contribution in [0.3, 0.4) is 0 Å². The molecule has 0 spiro atoms. The van der Waals surface area contributed by atoms with Crippen molar-refractivity contribution in [2.24, 2.45) is 0 Å². The van der Waals surface area contributed by atoms with Gasteiger partial charge in [-0.25, -0.2) is 9.97 Å². The molecule has 1 aromatic rings. The van der Waals surface area contributed by atoms with Gasteiger partial charge in [0.25, 0.3) is 0 Å². The molecule has 0 unspecified atom stereocenters. The van der Waals surface area contributed by atoms with Crippen molar-refractivity contribution in [3.8, 4) is 0 Å². The molecule has 0 radical (unpaired) electrons. The molecule has 1 aliphatic carbocycles. The van der Waals surface area contributed by atoms with Crippen LogP contribution in [0, 0.1) is 6.92 Å². The van der Waals surface area contributed by atoms with E-state index in [-0.39, 0.29) is 0 Å². The molecule has 2 rings (SSSR count). The van der Waals surface area contributed by atoms with E-state index in [1.165, 1.54) is 25.7 Å². The number of rotatable bonds is 5. The fourth-order valence-corrected chi connectivity index (χ4v) is 2.06. The predicted molar refractivity (Wildman–Crippen MR) is 71.9 cm³/mol. The summed E-state index contributed by atoms with van der Waals surface area (Å²) < 4.78 is 0. The fourth-order valence-electron chi connectivity index (χ4n) is 1.89. The van der Waals surface area contributed by atoms with Crippen LogP contribution in [0.4, 0.5) is 5.82 Å². The SMILES string of the molecule is CCCCN(C)c1nc(C2CC2)nc(Cl)c1C. The zero-order valence-electron chi connectivity index (χ0n) is 10.8. The third-order valence-corrected chi connectivity index (χ3v) is 3.60. The largest absolute Gasteiger partial charge is 0.359 e. The lowest BCUT2D eigenvalue weighted by Gasteiger charge is -2.21. The average Bonchev–Trinajstić information content (AvgIpc) is 3.13. The smallest absolute Gasteiger partial charge is 0.137 e. The van der Waals surface area contributed by atoms with E-state index in [4.69, 9.17) is 11.6 Å². The molecule has 17 heavy (non-hydrogen) atoms. The molecule has 1 fully saturated rings. The van der Waals surface area contributed by atoms with Crippen LogP contribution in [0.15, 0.2) is 0 Å². The van der Waals surface area contributed by atoms with Crippen LogP contribution in [-0.2, 0) is 0 Å². The normalized spacial score (nSPS) is 15.1. The Labute approximate surface area is 108 Å². The second-order valence-electron chi connectivity index (χ2n) is 4.87. The van der Waals surface area contributed by atoms with E-state index in [0.717, 1.165) is 23.8 Å². The van der Waals surface area contributed by atoms with Crippen LogP contribution in [0.25, 0.3) is 0 Å². The van der Waals surface area contributed by atoms with Crippen molar-refractivity contribution >= 4 is 17.4 Å². The van der Waals surface area contributed by atoms with Crippen molar-refractivity contribution < 1.29 is 0 Å². The lowest BCUT2D eigenvalue weighted by Crippen LogP contribution is -2.21.